The van der Waals surface area contributed by atoms with Crippen molar-refractivity contribution < 1.29 is 9.59 Å². The fourth-order valence-corrected chi connectivity index (χ4v) is 2.65. The number of alkyl halides is 2. The molecule has 2 rings (SSSR count). The van der Waals surface area contributed by atoms with Gasteiger partial charge in [-0.3, -0.25) is 9.59 Å². The standard InChI is InChI=1S/C14H16Cl2N2O2/c1-8-4-5-9(11(19)17-3)6-10(8)18-12(20)13(2)7-14(13,15)16/h4-6H,7H2,1-3H3,(H,17,19)(H,18,20)/t13-/m1/s1. The summed E-state index contributed by atoms with van der Waals surface area (Å²) in [6.07, 6.45) is 0.420. The normalized spacial score (nSPS) is 23.1. The predicted octanol–water partition coefficient (Wildman–Crippen LogP) is 2.88. The van der Waals surface area contributed by atoms with E-state index in [0.29, 0.717) is 17.7 Å². The quantitative estimate of drug-likeness (QED) is 0.843. The minimum Gasteiger partial charge on any atom is -0.355 e. The van der Waals surface area contributed by atoms with Gasteiger partial charge in [-0.05, 0) is 38.0 Å². The monoisotopic (exact) mass is 314 g/mol. The molecule has 0 unspecified atom stereocenters. The zero-order valence-electron chi connectivity index (χ0n) is 11.5. The van der Waals surface area contributed by atoms with E-state index in [1.165, 1.54) is 0 Å². The molecule has 1 atom stereocenters. The molecular formula is C14H16Cl2N2O2. The first-order valence-electron chi connectivity index (χ1n) is 6.23. The number of aryl methyl sites for hydroxylation is 1. The van der Waals surface area contributed by atoms with Crippen LogP contribution in [-0.4, -0.2) is 23.2 Å². The van der Waals surface area contributed by atoms with Crippen molar-refractivity contribution in [3.05, 3.63) is 29.3 Å². The van der Waals surface area contributed by atoms with Crippen LogP contribution in [0, 0.1) is 12.3 Å². The van der Waals surface area contributed by atoms with Crippen LogP contribution in [0.5, 0.6) is 0 Å². The van der Waals surface area contributed by atoms with Crippen LogP contribution >= 0.6 is 23.2 Å². The summed E-state index contributed by atoms with van der Waals surface area (Å²) in [6, 6.07) is 5.13. The molecule has 1 aliphatic rings. The number of carbonyl (C=O) groups excluding carboxylic acids is 2. The van der Waals surface area contributed by atoms with Crippen molar-refractivity contribution in [2.45, 2.75) is 24.6 Å². The van der Waals surface area contributed by atoms with Gasteiger partial charge in [0.15, 0.2) is 0 Å². The Hall–Kier alpha value is -1.26. The molecule has 0 aliphatic heterocycles. The summed E-state index contributed by atoms with van der Waals surface area (Å²) in [6.45, 7) is 3.58. The molecule has 1 fully saturated rings. The number of benzene rings is 1. The van der Waals surface area contributed by atoms with Crippen molar-refractivity contribution in [3.8, 4) is 0 Å². The smallest absolute Gasteiger partial charge is 0.251 e. The Morgan fingerprint density at radius 3 is 2.40 bits per heavy atom. The minimum atomic E-state index is -1.01. The molecule has 2 amide bonds. The molecule has 1 aromatic rings. The number of carbonyl (C=O) groups is 2. The van der Waals surface area contributed by atoms with E-state index < -0.39 is 9.75 Å². The maximum Gasteiger partial charge on any atom is 0.251 e. The SMILES string of the molecule is CNC(=O)c1ccc(C)c(NC(=O)[C@@]2(C)CC2(Cl)Cl)c1. The van der Waals surface area contributed by atoms with E-state index in [4.69, 9.17) is 23.2 Å². The van der Waals surface area contributed by atoms with Gasteiger partial charge in [-0.1, -0.05) is 6.07 Å². The Morgan fingerprint density at radius 1 is 1.30 bits per heavy atom. The number of anilines is 1. The van der Waals surface area contributed by atoms with E-state index in [1.54, 1.807) is 32.2 Å². The molecule has 0 aromatic heterocycles. The highest BCUT2D eigenvalue weighted by atomic mass is 35.5. The zero-order valence-corrected chi connectivity index (χ0v) is 13.0. The van der Waals surface area contributed by atoms with Crippen LogP contribution < -0.4 is 10.6 Å². The van der Waals surface area contributed by atoms with Gasteiger partial charge in [-0.25, -0.2) is 0 Å². The van der Waals surface area contributed by atoms with Gasteiger partial charge in [0, 0.05) is 18.3 Å². The van der Waals surface area contributed by atoms with E-state index in [9.17, 15) is 9.59 Å². The summed E-state index contributed by atoms with van der Waals surface area (Å²) >= 11 is 12.0. The summed E-state index contributed by atoms with van der Waals surface area (Å²) in [7, 11) is 1.56. The third kappa shape index (κ3) is 2.50. The van der Waals surface area contributed by atoms with E-state index >= 15 is 0 Å². The van der Waals surface area contributed by atoms with E-state index in [-0.39, 0.29) is 11.8 Å². The fraction of sp³-hybridized carbons (Fsp3) is 0.429. The summed E-state index contributed by atoms with van der Waals surface area (Å²) in [5, 5.41) is 5.34. The average molecular weight is 315 g/mol. The molecule has 4 nitrogen and oxygen atoms in total. The summed E-state index contributed by atoms with van der Waals surface area (Å²) in [4.78, 5) is 23.8. The number of hydrogen-bond acceptors (Lipinski definition) is 2. The molecule has 0 bridgehead atoms. The van der Waals surface area contributed by atoms with Gasteiger partial charge in [0.05, 0.1) is 5.41 Å². The first kappa shape index (κ1) is 15.1. The summed E-state index contributed by atoms with van der Waals surface area (Å²) in [5.41, 5.74) is 1.15. The van der Waals surface area contributed by atoms with Gasteiger partial charge >= 0.3 is 0 Å². The van der Waals surface area contributed by atoms with Crippen molar-refractivity contribution in [2.75, 3.05) is 12.4 Å². The summed E-state index contributed by atoms with van der Waals surface area (Å²) < 4.78 is -1.01. The molecule has 0 saturated heterocycles. The van der Waals surface area contributed by atoms with Gasteiger partial charge in [0.25, 0.3) is 5.91 Å². The van der Waals surface area contributed by atoms with E-state index in [0.717, 1.165) is 5.56 Å². The van der Waals surface area contributed by atoms with Crippen molar-refractivity contribution in [1.82, 2.24) is 5.32 Å². The molecule has 1 aromatic carbocycles. The number of hydrogen-bond donors (Lipinski definition) is 2. The summed E-state index contributed by atoms with van der Waals surface area (Å²) in [5.74, 6) is -0.443. The van der Waals surface area contributed by atoms with Crippen molar-refractivity contribution in [3.63, 3.8) is 0 Å². The second kappa shape index (κ2) is 4.93. The molecule has 1 aliphatic carbocycles. The molecule has 0 radical (unpaired) electrons. The van der Waals surface area contributed by atoms with Crippen LogP contribution in [0.3, 0.4) is 0 Å². The Labute approximate surface area is 127 Å². The lowest BCUT2D eigenvalue weighted by molar-refractivity contribution is -0.120. The average Bonchev–Trinajstić information content (AvgIpc) is 2.91. The highest BCUT2D eigenvalue weighted by Crippen LogP contribution is 2.64. The van der Waals surface area contributed by atoms with Crippen LogP contribution in [0.4, 0.5) is 5.69 Å². The lowest BCUT2D eigenvalue weighted by atomic mass is 10.1. The van der Waals surface area contributed by atoms with E-state index in [1.807, 2.05) is 6.92 Å². The number of amides is 2. The van der Waals surface area contributed by atoms with Crippen LogP contribution in [-0.2, 0) is 4.79 Å². The van der Waals surface area contributed by atoms with Crippen molar-refractivity contribution in [2.24, 2.45) is 5.41 Å². The molecule has 2 N–H and O–H groups in total. The predicted molar refractivity (Wildman–Crippen MR) is 80.4 cm³/mol. The Morgan fingerprint density at radius 2 is 1.90 bits per heavy atom. The van der Waals surface area contributed by atoms with Gasteiger partial charge in [-0.15, -0.1) is 23.2 Å². The highest BCUT2D eigenvalue weighted by Gasteiger charge is 2.67. The minimum absolute atomic E-state index is 0.206. The molecule has 108 valence electrons. The number of halogens is 2. The Bertz CT molecular complexity index is 587. The third-order valence-electron chi connectivity index (χ3n) is 3.73. The number of rotatable bonds is 3. The molecule has 6 heteroatoms. The fourth-order valence-electron chi connectivity index (χ4n) is 1.95. The molecular weight excluding hydrogens is 299 g/mol. The molecule has 0 spiro atoms. The zero-order chi connectivity index (χ0) is 15.1. The first-order valence-corrected chi connectivity index (χ1v) is 6.99. The van der Waals surface area contributed by atoms with Gasteiger partial charge in [0.1, 0.15) is 4.33 Å². The maximum atomic E-state index is 12.2. The van der Waals surface area contributed by atoms with Crippen LogP contribution in [0.1, 0.15) is 29.3 Å². The van der Waals surface area contributed by atoms with Crippen LogP contribution in [0.15, 0.2) is 18.2 Å². The Kier molecular flexibility index (Phi) is 3.73. The van der Waals surface area contributed by atoms with Crippen molar-refractivity contribution in [1.29, 1.82) is 0 Å². The van der Waals surface area contributed by atoms with E-state index in [2.05, 4.69) is 10.6 Å². The lowest BCUT2D eigenvalue weighted by Crippen LogP contribution is -2.26. The Balaban J connectivity index is 2.22. The second-order valence-corrected chi connectivity index (χ2v) is 6.76. The molecule has 1 saturated carbocycles. The van der Waals surface area contributed by atoms with Gasteiger partial charge in [0.2, 0.25) is 5.91 Å². The second-order valence-electron chi connectivity index (χ2n) is 5.28. The molecule has 0 heterocycles. The van der Waals surface area contributed by atoms with Gasteiger partial charge in [-0.2, -0.15) is 0 Å². The topological polar surface area (TPSA) is 58.2 Å². The van der Waals surface area contributed by atoms with Crippen LogP contribution in [0.2, 0.25) is 0 Å². The highest BCUT2D eigenvalue weighted by molar-refractivity contribution is 6.53. The van der Waals surface area contributed by atoms with Gasteiger partial charge < -0.3 is 10.6 Å². The lowest BCUT2D eigenvalue weighted by Gasteiger charge is -2.15. The first-order chi connectivity index (χ1) is 9.21. The number of nitrogens with one attached hydrogen (secondary N) is 2. The molecule has 20 heavy (non-hydrogen) atoms. The maximum absolute atomic E-state index is 12.2. The largest absolute Gasteiger partial charge is 0.355 e. The third-order valence-corrected chi connectivity index (χ3v) is 4.84. The van der Waals surface area contributed by atoms with Crippen LogP contribution in [0.25, 0.3) is 0 Å². The van der Waals surface area contributed by atoms with Crippen molar-refractivity contribution >= 4 is 40.7 Å².